The van der Waals surface area contributed by atoms with Crippen molar-refractivity contribution in [3.8, 4) is 5.75 Å². The summed E-state index contributed by atoms with van der Waals surface area (Å²) in [5.74, 6) is -0.395. The van der Waals surface area contributed by atoms with Crippen LogP contribution < -0.4 is 14.8 Å². The highest BCUT2D eigenvalue weighted by molar-refractivity contribution is 7.90. The average molecular weight is 462 g/mol. The Bertz CT molecular complexity index is 1070. The molecule has 0 spiro atoms. The van der Waals surface area contributed by atoms with Crippen LogP contribution >= 0.6 is 0 Å². The fraction of sp³-hybridized carbons (Fsp3) is 0.435. The number of halogens is 1. The van der Waals surface area contributed by atoms with Crippen molar-refractivity contribution < 1.29 is 22.3 Å². The van der Waals surface area contributed by atoms with Gasteiger partial charge in [0, 0.05) is 24.9 Å². The molecule has 3 unspecified atom stereocenters. The largest absolute Gasteiger partial charge is 0.497 e. The van der Waals surface area contributed by atoms with Crippen molar-refractivity contribution in [1.82, 2.24) is 9.62 Å². The molecule has 0 aromatic heterocycles. The molecule has 2 fully saturated rings. The molecule has 0 radical (unpaired) electrons. The van der Waals surface area contributed by atoms with Gasteiger partial charge in [0.25, 0.3) is 0 Å². The van der Waals surface area contributed by atoms with Gasteiger partial charge in [0.1, 0.15) is 16.8 Å². The molecule has 0 bridgehead atoms. The van der Waals surface area contributed by atoms with Gasteiger partial charge in [-0.15, -0.1) is 0 Å². The van der Waals surface area contributed by atoms with Crippen molar-refractivity contribution in [2.45, 2.75) is 31.2 Å². The van der Waals surface area contributed by atoms with Gasteiger partial charge in [-0.1, -0.05) is 31.2 Å². The first-order chi connectivity index (χ1) is 15.3. The number of piperidine rings is 1. The Morgan fingerprint density at radius 1 is 1.12 bits per heavy atom. The molecule has 2 heterocycles. The fourth-order valence-electron chi connectivity index (χ4n) is 4.72. The normalized spacial score (nSPS) is 26.0. The maximum Gasteiger partial charge on any atom is 0.227 e. The quantitative estimate of drug-likeness (QED) is 0.714. The second-order valence-corrected chi connectivity index (χ2v) is 10.3. The van der Waals surface area contributed by atoms with Gasteiger partial charge < -0.3 is 10.1 Å². The standard InChI is InChI=1S/C23H28FN3O4S/c1-15-21(16-7-9-18(31-2)10-8-16)32(29,30)26-22(15)27-13-11-17(12-14-27)23(28)25-20-6-4-3-5-19(20)24/h3-10,15,17,21-22,26H,11-14H2,1-2H3,(H,25,28). The summed E-state index contributed by atoms with van der Waals surface area (Å²) in [6.45, 7) is 3.11. The van der Waals surface area contributed by atoms with Crippen LogP contribution in [0.5, 0.6) is 5.75 Å². The molecule has 7 nitrogen and oxygen atoms in total. The lowest BCUT2D eigenvalue weighted by atomic mass is 9.92. The zero-order valence-electron chi connectivity index (χ0n) is 18.1. The molecule has 2 N–H and O–H groups in total. The number of hydrogen-bond donors (Lipinski definition) is 2. The smallest absolute Gasteiger partial charge is 0.227 e. The third-order valence-electron chi connectivity index (χ3n) is 6.46. The van der Waals surface area contributed by atoms with Crippen LogP contribution in [0.3, 0.4) is 0 Å². The monoisotopic (exact) mass is 461 g/mol. The van der Waals surface area contributed by atoms with Gasteiger partial charge in [-0.05, 0) is 42.7 Å². The third-order valence-corrected chi connectivity index (χ3v) is 8.40. The van der Waals surface area contributed by atoms with E-state index in [9.17, 15) is 17.6 Å². The zero-order valence-corrected chi connectivity index (χ0v) is 18.9. The summed E-state index contributed by atoms with van der Waals surface area (Å²) in [5.41, 5.74) is 0.909. The number of methoxy groups -OCH3 is 1. The summed E-state index contributed by atoms with van der Waals surface area (Å²) in [6, 6.07) is 13.2. The second kappa shape index (κ2) is 9.17. The van der Waals surface area contributed by atoms with Gasteiger partial charge in [-0.2, -0.15) is 4.72 Å². The molecule has 3 atom stereocenters. The number of rotatable bonds is 5. The first-order valence-electron chi connectivity index (χ1n) is 10.7. The molecule has 1 amide bonds. The van der Waals surface area contributed by atoms with Crippen LogP contribution in [0.1, 0.15) is 30.6 Å². The summed E-state index contributed by atoms with van der Waals surface area (Å²) in [6.07, 6.45) is 0.833. The number of para-hydroxylation sites is 1. The minimum Gasteiger partial charge on any atom is -0.497 e. The number of anilines is 1. The Labute approximate surface area is 188 Å². The minimum absolute atomic E-state index is 0.169. The molecule has 0 aliphatic carbocycles. The molecule has 2 aliphatic rings. The van der Waals surface area contributed by atoms with Crippen molar-refractivity contribution in [3.63, 3.8) is 0 Å². The number of nitrogens with one attached hydrogen (secondary N) is 2. The van der Waals surface area contributed by atoms with Crippen molar-refractivity contribution >= 4 is 21.6 Å². The Morgan fingerprint density at radius 2 is 1.78 bits per heavy atom. The molecular weight excluding hydrogens is 433 g/mol. The van der Waals surface area contributed by atoms with E-state index >= 15 is 0 Å². The lowest BCUT2D eigenvalue weighted by Crippen LogP contribution is -2.50. The SMILES string of the molecule is COc1ccc(C2C(C)C(N3CCC(C(=O)Nc4ccccc4F)CC3)NS2(=O)=O)cc1. The van der Waals surface area contributed by atoms with Gasteiger partial charge in [0.15, 0.2) is 0 Å². The molecule has 0 saturated carbocycles. The van der Waals surface area contributed by atoms with Crippen molar-refractivity contribution in [2.24, 2.45) is 11.8 Å². The predicted octanol–water partition coefficient (Wildman–Crippen LogP) is 3.12. The molecule has 2 saturated heterocycles. The maximum atomic E-state index is 13.8. The lowest BCUT2D eigenvalue weighted by molar-refractivity contribution is -0.121. The Kier molecular flexibility index (Phi) is 6.50. The first-order valence-corrected chi connectivity index (χ1v) is 12.3. The zero-order chi connectivity index (χ0) is 22.9. The molecule has 2 aromatic rings. The van der Waals surface area contributed by atoms with Crippen LogP contribution in [0.2, 0.25) is 0 Å². The van der Waals surface area contributed by atoms with Crippen molar-refractivity contribution in [2.75, 3.05) is 25.5 Å². The Hall–Kier alpha value is -2.49. The number of amides is 1. The van der Waals surface area contributed by atoms with Crippen LogP contribution in [0.25, 0.3) is 0 Å². The van der Waals surface area contributed by atoms with Gasteiger partial charge in [0.2, 0.25) is 15.9 Å². The van der Waals surface area contributed by atoms with E-state index in [0.29, 0.717) is 31.7 Å². The van der Waals surface area contributed by atoms with E-state index in [2.05, 4.69) is 14.9 Å². The van der Waals surface area contributed by atoms with Gasteiger partial charge in [-0.25, -0.2) is 12.8 Å². The maximum absolute atomic E-state index is 13.8. The van der Waals surface area contributed by atoms with E-state index in [1.54, 1.807) is 43.5 Å². The lowest BCUT2D eigenvalue weighted by Gasteiger charge is -2.36. The Balaban J connectivity index is 1.40. The van der Waals surface area contributed by atoms with Crippen LogP contribution in [0.4, 0.5) is 10.1 Å². The summed E-state index contributed by atoms with van der Waals surface area (Å²) in [7, 11) is -1.96. The van der Waals surface area contributed by atoms with Gasteiger partial charge in [0.05, 0.1) is 19.0 Å². The van der Waals surface area contributed by atoms with Crippen LogP contribution in [0.15, 0.2) is 48.5 Å². The number of hydrogen-bond acceptors (Lipinski definition) is 5. The predicted molar refractivity (Wildman–Crippen MR) is 120 cm³/mol. The highest BCUT2D eigenvalue weighted by Crippen LogP contribution is 2.40. The summed E-state index contributed by atoms with van der Waals surface area (Å²) in [4.78, 5) is 14.7. The first kappa shape index (κ1) is 22.7. The highest BCUT2D eigenvalue weighted by atomic mass is 32.2. The number of likely N-dealkylation sites (tertiary alicyclic amines) is 1. The summed E-state index contributed by atoms with van der Waals surface area (Å²) < 4.78 is 47.7. The van der Waals surface area contributed by atoms with E-state index in [0.717, 1.165) is 5.56 Å². The average Bonchev–Trinajstić information content (AvgIpc) is 3.04. The fourth-order valence-corrected chi connectivity index (χ4v) is 6.79. The minimum atomic E-state index is -3.54. The van der Waals surface area contributed by atoms with Crippen LogP contribution in [-0.2, 0) is 14.8 Å². The summed E-state index contributed by atoms with van der Waals surface area (Å²) >= 11 is 0. The van der Waals surface area contributed by atoms with Gasteiger partial charge >= 0.3 is 0 Å². The Morgan fingerprint density at radius 3 is 2.41 bits per heavy atom. The van der Waals surface area contributed by atoms with Crippen molar-refractivity contribution in [1.29, 1.82) is 0 Å². The molecule has 172 valence electrons. The number of carbonyl (C=O) groups excluding carboxylic acids is 1. The van der Waals surface area contributed by atoms with E-state index in [-0.39, 0.29) is 29.6 Å². The van der Waals surface area contributed by atoms with E-state index < -0.39 is 21.1 Å². The van der Waals surface area contributed by atoms with Crippen LogP contribution in [-0.4, -0.2) is 45.6 Å². The molecule has 4 rings (SSSR count). The number of carbonyl (C=O) groups is 1. The number of ether oxygens (including phenoxy) is 1. The number of benzene rings is 2. The molecular formula is C23H28FN3O4S. The molecule has 32 heavy (non-hydrogen) atoms. The number of sulfonamides is 1. The van der Waals surface area contributed by atoms with Crippen molar-refractivity contribution in [3.05, 3.63) is 59.9 Å². The molecule has 9 heteroatoms. The van der Waals surface area contributed by atoms with E-state index in [1.165, 1.54) is 12.1 Å². The molecule has 2 aliphatic heterocycles. The molecule has 2 aromatic carbocycles. The summed E-state index contributed by atoms with van der Waals surface area (Å²) in [5, 5.41) is 2.02. The van der Waals surface area contributed by atoms with E-state index in [4.69, 9.17) is 4.74 Å². The second-order valence-electron chi connectivity index (χ2n) is 8.44. The van der Waals surface area contributed by atoms with Crippen LogP contribution in [0, 0.1) is 17.7 Å². The number of nitrogens with zero attached hydrogens (tertiary/aromatic N) is 1. The topological polar surface area (TPSA) is 87.7 Å². The highest BCUT2D eigenvalue weighted by Gasteiger charge is 2.48. The third kappa shape index (κ3) is 4.51. The van der Waals surface area contributed by atoms with Gasteiger partial charge in [-0.3, -0.25) is 9.69 Å². The van der Waals surface area contributed by atoms with E-state index in [1.807, 2.05) is 6.92 Å².